The van der Waals surface area contributed by atoms with Crippen LogP contribution in [0.5, 0.6) is 0 Å². The van der Waals surface area contributed by atoms with E-state index in [0.717, 1.165) is 28.7 Å². The summed E-state index contributed by atoms with van der Waals surface area (Å²) < 4.78 is 0.761. The molecule has 0 radical (unpaired) electrons. The molecule has 1 aromatic rings. The lowest BCUT2D eigenvalue weighted by Gasteiger charge is -2.32. The highest BCUT2D eigenvalue weighted by molar-refractivity contribution is 7.16. The van der Waals surface area contributed by atoms with E-state index < -0.39 is 0 Å². The van der Waals surface area contributed by atoms with Crippen molar-refractivity contribution in [2.45, 2.75) is 33.2 Å². The molecule has 106 valence electrons. The Morgan fingerprint density at radius 1 is 1.47 bits per heavy atom. The molecule has 1 aliphatic heterocycles. The smallest absolute Gasteiger partial charge is 0.228 e. The number of rotatable bonds is 4. The number of amides is 1. The van der Waals surface area contributed by atoms with Crippen LogP contribution >= 0.6 is 22.9 Å². The number of carbonyl (C=O) groups is 1. The number of hydrogen-bond acceptors (Lipinski definition) is 3. The third-order valence-corrected chi connectivity index (χ3v) is 5.53. The van der Waals surface area contributed by atoms with Crippen molar-refractivity contribution in [3.8, 4) is 0 Å². The van der Waals surface area contributed by atoms with Crippen LogP contribution in [0.1, 0.15) is 38.1 Å². The van der Waals surface area contributed by atoms with Crippen LogP contribution in [0, 0.1) is 11.3 Å². The van der Waals surface area contributed by atoms with E-state index >= 15 is 0 Å². The van der Waals surface area contributed by atoms with Crippen molar-refractivity contribution in [3.63, 3.8) is 0 Å². The topological polar surface area (TPSA) is 41.1 Å². The molecule has 1 aromatic heterocycles. The zero-order valence-electron chi connectivity index (χ0n) is 11.6. The monoisotopic (exact) mass is 300 g/mol. The van der Waals surface area contributed by atoms with Crippen molar-refractivity contribution >= 4 is 28.8 Å². The minimum atomic E-state index is -0.269. The molecule has 0 aliphatic carbocycles. The quantitative estimate of drug-likeness (QED) is 0.896. The molecule has 0 saturated carbocycles. The maximum atomic E-state index is 12.6. The normalized spacial score (nSPS) is 24.7. The number of thiophene rings is 1. The van der Waals surface area contributed by atoms with Gasteiger partial charge in [-0.15, -0.1) is 11.3 Å². The molecule has 1 amide bonds. The van der Waals surface area contributed by atoms with Crippen LogP contribution in [-0.2, 0) is 4.79 Å². The Balaban J connectivity index is 2.07. The average Bonchev–Trinajstić information content (AvgIpc) is 2.97. The summed E-state index contributed by atoms with van der Waals surface area (Å²) in [5, 5.41) is 6.46. The van der Waals surface area contributed by atoms with Crippen molar-refractivity contribution in [3.05, 3.63) is 21.3 Å². The first-order chi connectivity index (χ1) is 8.95. The van der Waals surface area contributed by atoms with Crippen LogP contribution in [0.4, 0.5) is 0 Å². The Labute approximate surface area is 123 Å². The molecule has 2 heterocycles. The van der Waals surface area contributed by atoms with Gasteiger partial charge in [-0.2, -0.15) is 0 Å². The summed E-state index contributed by atoms with van der Waals surface area (Å²) in [6.45, 7) is 7.95. The van der Waals surface area contributed by atoms with Gasteiger partial charge in [0.2, 0.25) is 5.91 Å². The van der Waals surface area contributed by atoms with E-state index in [0.29, 0.717) is 5.92 Å². The van der Waals surface area contributed by atoms with Gasteiger partial charge in [0.05, 0.1) is 15.8 Å². The van der Waals surface area contributed by atoms with Crippen molar-refractivity contribution in [1.29, 1.82) is 0 Å². The van der Waals surface area contributed by atoms with E-state index in [9.17, 15) is 4.79 Å². The maximum Gasteiger partial charge on any atom is 0.228 e. The van der Waals surface area contributed by atoms with E-state index in [1.54, 1.807) is 0 Å². The van der Waals surface area contributed by atoms with Crippen LogP contribution < -0.4 is 10.6 Å². The van der Waals surface area contributed by atoms with Gasteiger partial charge in [-0.1, -0.05) is 25.4 Å². The fraction of sp³-hybridized carbons (Fsp3) is 0.643. The van der Waals surface area contributed by atoms with Crippen LogP contribution in [0.25, 0.3) is 0 Å². The Hall–Kier alpha value is -0.580. The standard InChI is InChI=1S/C14H21ClN2OS/c1-9(2)14(6-7-16-8-14)13(18)17-10(3)11-4-5-12(15)19-11/h4-5,9-10,16H,6-8H2,1-3H3,(H,17,18). The van der Waals surface area contributed by atoms with E-state index in [2.05, 4.69) is 24.5 Å². The molecule has 2 unspecified atom stereocenters. The van der Waals surface area contributed by atoms with Crippen molar-refractivity contribution in [1.82, 2.24) is 10.6 Å². The van der Waals surface area contributed by atoms with Crippen LogP contribution in [0.3, 0.4) is 0 Å². The molecule has 2 N–H and O–H groups in total. The van der Waals surface area contributed by atoms with Crippen LogP contribution in [0.15, 0.2) is 12.1 Å². The zero-order valence-corrected chi connectivity index (χ0v) is 13.2. The van der Waals surface area contributed by atoms with Gasteiger partial charge in [0, 0.05) is 11.4 Å². The molecule has 0 bridgehead atoms. The van der Waals surface area contributed by atoms with Gasteiger partial charge < -0.3 is 10.6 Å². The molecule has 2 rings (SSSR count). The van der Waals surface area contributed by atoms with E-state index in [1.807, 2.05) is 19.1 Å². The average molecular weight is 301 g/mol. The zero-order chi connectivity index (χ0) is 14.0. The second-order valence-electron chi connectivity index (χ2n) is 5.57. The molecule has 5 heteroatoms. The Kier molecular flexibility index (Phi) is 4.54. The predicted octanol–water partition coefficient (Wildman–Crippen LogP) is 3.21. The van der Waals surface area contributed by atoms with Crippen molar-refractivity contribution in [2.24, 2.45) is 11.3 Å². The lowest BCUT2D eigenvalue weighted by atomic mass is 9.75. The van der Waals surface area contributed by atoms with Crippen LogP contribution in [-0.4, -0.2) is 19.0 Å². The van der Waals surface area contributed by atoms with Crippen molar-refractivity contribution < 1.29 is 4.79 Å². The molecule has 1 aliphatic rings. The summed E-state index contributed by atoms with van der Waals surface area (Å²) in [7, 11) is 0. The number of nitrogens with one attached hydrogen (secondary N) is 2. The fourth-order valence-electron chi connectivity index (χ4n) is 2.63. The van der Waals surface area contributed by atoms with Gasteiger partial charge in [0.25, 0.3) is 0 Å². The van der Waals surface area contributed by atoms with Crippen LogP contribution in [0.2, 0.25) is 4.34 Å². The SMILES string of the molecule is CC(NC(=O)C1(C(C)C)CCNC1)c1ccc(Cl)s1. The number of halogens is 1. The third kappa shape index (κ3) is 2.96. The molecule has 0 aromatic carbocycles. The number of carbonyl (C=O) groups excluding carboxylic acids is 1. The summed E-state index contributed by atoms with van der Waals surface area (Å²) in [5.41, 5.74) is -0.269. The summed E-state index contributed by atoms with van der Waals surface area (Å²) >= 11 is 7.46. The van der Waals surface area contributed by atoms with Gasteiger partial charge in [0.15, 0.2) is 0 Å². The molecular formula is C14H21ClN2OS. The van der Waals surface area contributed by atoms with E-state index in [-0.39, 0.29) is 17.4 Å². The molecule has 2 atom stereocenters. The Morgan fingerprint density at radius 3 is 2.68 bits per heavy atom. The van der Waals surface area contributed by atoms with Gasteiger partial charge in [0.1, 0.15) is 0 Å². The third-order valence-electron chi connectivity index (χ3n) is 4.11. The number of hydrogen-bond donors (Lipinski definition) is 2. The molecule has 3 nitrogen and oxygen atoms in total. The highest BCUT2D eigenvalue weighted by Gasteiger charge is 2.44. The highest BCUT2D eigenvalue weighted by atomic mass is 35.5. The second kappa shape index (κ2) is 5.81. The Bertz CT molecular complexity index is 452. The van der Waals surface area contributed by atoms with Gasteiger partial charge in [-0.25, -0.2) is 0 Å². The maximum absolute atomic E-state index is 12.6. The highest BCUT2D eigenvalue weighted by Crippen LogP contribution is 2.35. The molecule has 1 fully saturated rings. The Morgan fingerprint density at radius 2 is 2.21 bits per heavy atom. The molecule has 0 spiro atoms. The van der Waals surface area contributed by atoms with Gasteiger partial charge in [-0.3, -0.25) is 4.79 Å². The van der Waals surface area contributed by atoms with E-state index in [1.165, 1.54) is 11.3 Å². The first kappa shape index (κ1) is 14.8. The minimum Gasteiger partial charge on any atom is -0.348 e. The molecule has 19 heavy (non-hydrogen) atoms. The van der Waals surface area contributed by atoms with Gasteiger partial charge in [-0.05, 0) is 37.9 Å². The van der Waals surface area contributed by atoms with E-state index in [4.69, 9.17) is 11.6 Å². The van der Waals surface area contributed by atoms with Crippen molar-refractivity contribution in [2.75, 3.05) is 13.1 Å². The lowest BCUT2D eigenvalue weighted by Crippen LogP contribution is -2.46. The minimum absolute atomic E-state index is 0.0150. The van der Waals surface area contributed by atoms with Gasteiger partial charge >= 0.3 is 0 Å². The molecular weight excluding hydrogens is 280 g/mol. The summed E-state index contributed by atoms with van der Waals surface area (Å²) in [5.74, 6) is 0.492. The lowest BCUT2D eigenvalue weighted by molar-refractivity contribution is -0.133. The first-order valence-corrected chi connectivity index (χ1v) is 7.92. The fourth-order valence-corrected chi connectivity index (χ4v) is 3.70. The molecule has 1 saturated heterocycles. The summed E-state index contributed by atoms with van der Waals surface area (Å²) in [6.07, 6.45) is 0.911. The largest absolute Gasteiger partial charge is 0.348 e. The summed E-state index contributed by atoms with van der Waals surface area (Å²) in [6, 6.07) is 3.87. The predicted molar refractivity (Wildman–Crippen MR) is 80.6 cm³/mol. The summed E-state index contributed by atoms with van der Waals surface area (Å²) in [4.78, 5) is 13.7. The second-order valence-corrected chi connectivity index (χ2v) is 7.32. The first-order valence-electron chi connectivity index (χ1n) is 6.72.